The number of ether oxygens (including phenoxy) is 3. The van der Waals surface area contributed by atoms with E-state index >= 15 is 0 Å². The maximum Gasteiger partial charge on any atom is 0.259 e. The number of rotatable bonds is 5. The molecule has 9 heteroatoms. The van der Waals surface area contributed by atoms with Crippen LogP contribution >= 0.6 is 0 Å². The molecule has 8 nitrogen and oxygen atoms in total. The predicted octanol–water partition coefficient (Wildman–Crippen LogP) is 2.27. The van der Waals surface area contributed by atoms with Crippen LogP contribution in [0.1, 0.15) is 28.8 Å². The Morgan fingerprint density at radius 2 is 1.97 bits per heavy atom. The summed E-state index contributed by atoms with van der Waals surface area (Å²) in [5.41, 5.74) is 0.485. The Bertz CT molecular complexity index is 992. The van der Waals surface area contributed by atoms with Crippen molar-refractivity contribution in [3.05, 3.63) is 53.3 Å². The summed E-state index contributed by atoms with van der Waals surface area (Å²) in [6, 6.07) is 9.34. The molecule has 170 valence electrons. The molecular weight excluding hydrogens is 417 g/mol. The molecule has 0 radical (unpaired) electrons. The normalized spacial score (nSPS) is 21.0. The largest absolute Gasteiger partial charge is 0.481 e. The molecule has 1 atom stereocenters. The van der Waals surface area contributed by atoms with Crippen LogP contribution in [0, 0.1) is 5.82 Å². The van der Waals surface area contributed by atoms with Crippen molar-refractivity contribution < 1.29 is 28.2 Å². The zero-order chi connectivity index (χ0) is 22.7. The zero-order valence-electron chi connectivity index (χ0n) is 18.2. The van der Waals surface area contributed by atoms with E-state index in [-0.39, 0.29) is 36.5 Å². The van der Waals surface area contributed by atoms with Gasteiger partial charge in [-0.05, 0) is 30.2 Å². The number of carbonyl (C=O) groups excluding carboxylic acids is 2. The van der Waals surface area contributed by atoms with Gasteiger partial charge in [0.15, 0.2) is 0 Å². The zero-order valence-corrected chi connectivity index (χ0v) is 18.2. The molecule has 2 fully saturated rings. The molecule has 2 aromatic rings. The summed E-state index contributed by atoms with van der Waals surface area (Å²) >= 11 is 0. The molecule has 2 aliphatic heterocycles. The number of hydrogen-bond acceptors (Lipinski definition) is 6. The van der Waals surface area contributed by atoms with Crippen LogP contribution in [0.3, 0.4) is 0 Å². The molecule has 0 N–H and O–H groups in total. The van der Waals surface area contributed by atoms with Crippen LogP contribution in [0.25, 0.3) is 0 Å². The minimum atomic E-state index is -0.648. The van der Waals surface area contributed by atoms with Gasteiger partial charge in [0.25, 0.3) is 5.91 Å². The highest BCUT2D eigenvalue weighted by atomic mass is 19.1. The summed E-state index contributed by atoms with van der Waals surface area (Å²) in [4.78, 5) is 34.3. The van der Waals surface area contributed by atoms with E-state index in [2.05, 4.69) is 4.98 Å². The van der Waals surface area contributed by atoms with Gasteiger partial charge in [0.2, 0.25) is 17.7 Å². The molecule has 1 aromatic heterocycles. The van der Waals surface area contributed by atoms with E-state index in [1.807, 2.05) is 0 Å². The van der Waals surface area contributed by atoms with Gasteiger partial charge in [-0.2, -0.15) is 4.98 Å². The van der Waals surface area contributed by atoms with Crippen LogP contribution < -0.4 is 9.47 Å². The SMILES string of the molecule is COc1ccc(C(=O)N2CCC(=O)N(Cc3ccc(F)cc3)C3(CCOC3)C2)c(OC)n1. The molecule has 3 heterocycles. The van der Waals surface area contributed by atoms with Crippen LogP contribution in [-0.4, -0.2) is 72.7 Å². The molecule has 1 spiro atoms. The Morgan fingerprint density at radius 3 is 2.62 bits per heavy atom. The molecule has 0 saturated carbocycles. The summed E-state index contributed by atoms with van der Waals surface area (Å²) in [6.07, 6.45) is 0.794. The van der Waals surface area contributed by atoms with Crippen molar-refractivity contribution in [3.63, 3.8) is 0 Å². The fraction of sp³-hybridized carbons (Fsp3) is 0.435. The second-order valence-electron chi connectivity index (χ2n) is 8.02. The standard InChI is InChI=1S/C23H26FN3O5/c1-30-19-8-7-18(21(25-19)31-2)22(29)26-11-9-20(28)27(23(14-26)10-12-32-15-23)13-16-3-5-17(24)6-4-16/h3-8H,9-15H2,1-2H3. The Morgan fingerprint density at radius 1 is 1.19 bits per heavy atom. The number of carbonyl (C=O) groups is 2. The van der Waals surface area contributed by atoms with Crippen molar-refractivity contribution in [2.24, 2.45) is 0 Å². The summed E-state index contributed by atoms with van der Waals surface area (Å²) < 4.78 is 29.5. The number of benzene rings is 1. The average Bonchev–Trinajstić information content (AvgIpc) is 3.24. The Hall–Kier alpha value is -3.20. The number of methoxy groups -OCH3 is 2. The van der Waals surface area contributed by atoms with Gasteiger partial charge in [-0.3, -0.25) is 9.59 Å². The fourth-order valence-electron chi connectivity index (χ4n) is 4.31. The highest BCUT2D eigenvalue weighted by Crippen LogP contribution is 2.33. The Labute approximate surface area is 185 Å². The highest BCUT2D eigenvalue weighted by molar-refractivity contribution is 5.97. The number of halogens is 1. The van der Waals surface area contributed by atoms with Gasteiger partial charge < -0.3 is 24.0 Å². The lowest BCUT2D eigenvalue weighted by Crippen LogP contribution is -2.56. The third-order valence-electron chi connectivity index (χ3n) is 6.05. The first kappa shape index (κ1) is 22.0. The number of aromatic nitrogens is 1. The van der Waals surface area contributed by atoms with Crippen molar-refractivity contribution in [2.75, 3.05) is 40.5 Å². The highest BCUT2D eigenvalue weighted by Gasteiger charge is 2.47. The van der Waals surface area contributed by atoms with E-state index < -0.39 is 5.54 Å². The Balaban J connectivity index is 1.63. The van der Waals surface area contributed by atoms with Crippen LogP contribution in [-0.2, 0) is 16.1 Å². The molecule has 2 aliphatic rings. The number of pyridine rings is 1. The first-order valence-electron chi connectivity index (χ1n) is 10.5. The topological polar surface area (TPSA) is 81.2 Å². The molecule has 1 unspecified atom stereocenters. The third kappa shape index (κ3) is 4.25. The smallest absolute Gasteiger partial charge is 0.259 e. The quantitative estimate of drug-likeness (QED) is 0.705. The van der Waals surface area contributed by atoms with Crippen molar-refractivity contribution in [1.29, 1.82) is 0 Å². The van der Waals surface area contributed by atoms with Crippen molar-refractivity contribution in [2.45, 2.75) is 24.9 Å². The lowest BCUT2D eigenvalue weighted by molar-refractivity contribution is -0.137. The lowest BCUT2D eigenvalue weighted by atomic mass is 9.94. The van der Waals surface area contributed by atoms with E-state index in [0.29, 0.717) is 44.2 Å². The van der Waals surface area contributed by atoms with Gasteiger partial charge in [0, 0.05) is 38.7 Å². The van der Waals surface area contributed by atoms with Gasteiger partial charge in [-0.1, -0.05) is 12.1 Å². The molecule has 0 bridgehead atoms. The minimum Gasteiger partial charge on any atom is -0.481 e. The third-order valence-corrected chi connectivity index (χ3v) is 6.05. The van der Waals surface area contributed by atoms with Crippen LogP contribution in [0.15, 0.2) is 36.4 Å². The van der Waals surface area contributed by atoms with E-state index in [1.165, 1.54) is 26.4 Å². The molecule has 4 rings (SSSR count). The maximum absolute atomic E-state index is 13.4. The summed E-state index contributed by atoms with van der Waals surface area (Å²) in [7, 11) is 2.93. The van der Waals surface area contributed by atoms with Gasteiger partial charge in [-0.25, -0.2) is 4.39 Å². The molecule has 1 aromatic carbocycles. The second-order valence-corrected chi connectivity index (χ2v) is 8.02. The van der Waals surface area contributed by atoms with E-state index in [4.69, 9.17) is 14.2 Å². The van der Waals surface area contributed by atoms with E-state index in [9.17, 15) is 14.0 Å². The summed E-state index contributed by atoms with van der Waals surface area (Å²) in [5, 5.41) is 0. The lowest BCUT2D eigenvalue weighted by Gasteiger charge is -2.40. The molecule has 2 saturated heterocycles. The first-order valence-corrected chi connectivity index (χ1v) is 10.5. The molecular formula is C23H26FN3O5. The molecule has 32 heavy (non-hydrogen) atoms. The maximum atomic E-state index is 13.4. The molecule has 0 aliphatic carbocycles. The summed E-state index contributed by atoms with van der Waals surface area (Å²) in [6.45, 7) is 1.77. The van der Waals surface area contributed by atoms with E-state index in [1.54, 1.807) is 34.1 Å². The predicted molar refractivity (Wildman–Crippen MR) is 113 cm³/mol. The van der Waals surface area contributed by atoms with Crippen LogP contribution in [0.4, 0.5) is 4.39 Å². The van der Waals surface area contributed by atoms with Crippen LogP contribution in [0.2, 0.25) is 0 Å². The second kappa shape index (κ2) is 9.12. The van der Waals surface area contributed by atoms with E-state index in [0.717, 1.165) is 5.56 Å². The average molecular weight is 443 g/mol. The van der Waals surface area contributed by atoms with Crippen molar-refractivity contribution in [3.8, 4) is 11.8 Å². The van der Waals surface area contributed by atoms with Crippen molar-refractivity contribution >= 4 is 11.8 Å². The van der Waals surface area contributed by atoms with Gasteiger partial charge in [-0.15, -0.1) is 0 Å². The Kier molecular flexibility index (Phi) is 6.27. The fourth-order valence-corrected chi connectivity index (χ4v) is 4.31. The number of nitrogens with zero attached hydrogens (tertiary/aromatic N) is 3. The van der Waals surface area contributed by atoms with Gasteiger partial charge in [0.1, 0.15) is 11.4 Å². The van der Waals surface area contributed by atoms with Gasteiger partial charge >= 0.3 is 0 Å². The van der Waals surface area contributed by atoms with Crippen LogP contribution in [0.5, 0.6) is 11.8 Å². The monoisotopic (exact) mass is 443 g/mol. The number of amides is 2. The minimum absolute atomic E-state index is 0.0602. The summed E-state index contributed by atoms with van der Waals surface area (Å²) in [5.74, 6) is -0.135. The number of hydrogen-bond donors (Lipinski definition) is 0. The van der Waals surface area contributed by atoms with Gasteiger partial charge in [0.05, 0.1) is 26.4 Å². The molecule has 2 amide bonds. The first-order chi connectivity index (χ1) is 15.5. The van der Waals surface area contributed by atoms with Crippen molar-refractivity contribution in [1.82, 2.24) is 14.8 Å².